The lowest BCUT2D eigenvalue weighted by molar-refractivity contribution is -0.136. The van der Waals surface area contributed by atoms with Crippen LogP contribution in [-0.4, -0.2) is 40.9 Å². The fourth-order valence-corrected chi connectivity index (χ4v) is 4.19. The van der Waals surface area contributed by atoms with Crippen molar-refractivity contribution in [2.24, 2.45) is 17.6 Å². The first kappa shape index (κ1) is 16.1. The van der Waals surface area contributed by atoms with E-state index in [0.29, 0.717) is 18.4 Å². The van der Waals surface area contributed by atoms with E-state index < -0.39 is 0 Å². The summed E-state index contributed by atoms with van der Waals surface area (Å²) in [4.78, 5) is 14.6. The van der Waals surface area contributed by atoms with E-state index in [4.69, 9.17) is 5.73 Å². The monoisotopic (exact) mass is 292 g/mol. The van der Waals surface area contributed by atoms with Gasteiger partial charge in [0.2, 0.25) is 5.91 Å². The normalized spacial score (nSPS) is 30.9. The van der Waals surface area contributed by atoms with Crippen molar-refractivity contribution < 1.29 is 4.79 Å². The second-order valence-electron chi connectivity index (χ2n) is 5.90. The van der Waals surface area contributed by atoms with Crippen LogP contribution in [0.4, 0.5) is 0 Å². The van der Waals surface area contributed by atoms with Crippen molar-refractivity contribution in [2.75, 3.05) is 25.4 Å². The number of nitrogens with two attached hydrogens (primary N) is 1. The zero-order valence-electron chi connectivity index (χ0n) is 11.4. The Hall–Kier alpha value is 0.0700. The molecule has 1 aliphatic heterocycles. The number of carbonyl (C=O) groups is 1. The molecule has 18 heavy (non-hydrogen) atoms. The van der Waals surface area contributed by atoms with Gasteiger partial charge in [-0.1, -0.05) is 6.42 Å². The van der Waals surface area contributed by atoms with Crippen molar-refractivity contribution in [3.63, 3.8) is 0 Å². The van der Waals surface area contributed by atoms with Gasteiger partial charge in [0, 0.05) is 29.5 Å². The van der Waals surface area contributed by atoms with Crippen molar-refractivity contribution in [1.82, 2.24) is 4.90 Å². The molecule has 0 radical (unpaired) electrons. The molecule has 0 aromatic heterocycles. The van der Waals surface area contributed by atoms with Gasteiger partial charge in [0.15, 0.2) is 0 Å². The maximum absolute atomic E-state index is 12.5. The SMILES string of the molecule is CC1(C)CN(C(=O)[C@@H]2CCC[C@@H]2CN)CCS1.Cl. The average Bonchev–Trinajstić information content (AvgIpc) is 2.74. The van der Waals surface area contributed by atoms with Crippen LogP contribution in [0.1, 0.15) is 33.1 Å². The Morgan fingerprint density at radius 2 is 2.17 bits per heavy atom. The van der Waals surface area contributed by atoms with E-state index in [1.54, 1.807) is 0 Å². The minimum Gasteiger partial charge on any atom is -0.340 e. The minimum absolute atomic E-state index is 0. The summed E-state index contributed by atoms with van der Waals surface area (Å²) in [6.45, 7) is 6.94. The van der Waals surface area contributed by atoms with Gasteiger partial charge < -0.3 is 10.6 Å². The lowest BCUT2D eigenvalue weighted by Gasteiger charge is -2.39. The molecule has 1 amide bonds. The number of hydrogen-bond donors (Lipinski definition) is 1. The zero-order valence-corrected chi connectivity index (χ0v) is 13.0. The number of rotatable bonds is 2. The highest BCUT2D eigenvalue weighted by atomic mass is 35.5. The van der Waals surface area contributed by atoms with Crippen molar-refractivity contribution in [1.29, 1.82) is 0 Å². The van der Waals surface area contributed by atoms with Gasteiger partial charge in [-0.15, -0.1) is 12.4 Å². The van der Waals surface area contributed by atoms with Gasteiger partial charge in [0.1, 0.15) is 0 Å². The highest BCUT2D eigenvalue weighted by molar-refractivity contribution is 8.00. The van der Waals surface area contributed by atoms with E-state index >= 15 is 0 Å². The smallest absolute Gasteiger partial charge is 0.226 e. The summed E-state index contributed by atoms with van der Waals surface area (Å²) >= 11 is 1.97. The predicted octanol–water partition coefficient (Wildman–Crippen LogP) is 2.14. The number of carbonyl (C=O) groups excluding carboxylic acids is 1. The van der Waals surface area contributed by atoms with Gasteiger partial charge in [-0.3, -0.25) is 4.79 Å². The molecular weight excluding hydrogens is 268 g/mol. The van der Waals surface area contributed by atoms with Crippen molar-refractivity contribution in [2.45, 2.75) is 37.9 Å². The van der Waals surface area contributed by atoms with Crippen LogP contribution in [0.25, 0.3) is 0 Å². The molecule has 0 spiro atoms. The van der Waals surface area contributed by atoms with E-state index in [9.17, 15) is 4.79 Å². The van der Waals surface area contributed by atoms with Crippen LogP contribution in [0.2, 0.25) is 0 Å². The van der Waals surface area contributed by atoms with Crippen LogP contribution in [0.3, 0.4) is 0 Å². The second-order valence-corrected chi connectivity index (χ2v) is 7.70. The van der Waals surface area contributed by atoms with E-state index in [2.05, 4.69) is 18.7 Å². The van der Waals surface area contributed by atoms with Gasteiger partial charge >= 0.3 is 0 Å². The summed E-state index contributed by atoms with van der Waals surface area (Å²) in [6.07, 6.45) is 3.36. The molecule has 0 aromatic rings. The molecule has 0 bridgehead atoms. The molecule has 5 heteroatoms. The van der Waals surface area contributed by atoms with E-state index in [1.807, 2.05) is 11.8 Å². The summed E-state index contributed by atoms with van der Waals surface area (Å²) in [6, 6.07) is 0. The van der Waals surface area contributed by atoms with Gasteiger partial charge in [-0.05, 0) is 39.2 Å². The number of nitrogens with zero attached hydrogens (tertiary/aromatic N) is 1. The molecule has 0 unspecified atom stereocenters. The van der Waals surface area contributed by atoms with Crippen LogP contribution in [0.15, 0.2) is 0 Å². The summed E-state index contributed by atoms with van der Waals surface area (Å²) < 4.78 is 0.213. The third kappa shape index (κ3) is 3.55. The Kier molecular flexibility index (Phi) is 5.81. The predicted molar refractivity (Wildman–Crippen MR) is 80.3 cm³/mol. The Balaban J connectivity index is 0.00000162. The molecule has 106 valence electrons. The maximum atomic E-state index is 12.5. The van der Waals surface area contributed by atoms with Crippen molar-refractivity contribution in [3.8, 4) is 0 Å². The van der Waals surface area contributed by atoms with E-state index in [-0.39, 0.29) is 23.1 Å². The quantitative estimate of drug-likeness (QED) is 0.848. The molecular formula is C13H25ClN2OS. The summed E-state index contributed by atoms with van der Waals surface area (Å²) in [7, 11) is 0. The molecule has 2 atom stereocenters. The molecule has 1 heterocycles. The van der Waals surface area contributed by atoms with Gasteiger partial charge in [0.05, 0.1) is 0 Å². The van der Waals surface area contributed by atoms with Crippen molar-refractivity contribution in [3.05, 3.63) is 0 Å². The zero-order chi connectivity index (χ0) is 12.5. The summed E-state index contributed by atoms with van der Waals surface area (Å²) in [5, 5.41) is 0. The third-order valence-electron chi connectivity index (χ3n) is 4.02. The fraction of sp³-hybridized carbons (Fsp3) is 0.923. The molecule has 3 nitrogen and oxygen atoms in total. The molecule has 2 rings (SSSR count). The Labute approximate surface area is 121 Å². The maximum Gasteiger partial charge on any atom is 0.226 e. The van der Waals surface area contributed by atoms with Crippen LogP contribution in [-0.2, 0) is 4.79 Å². The average molecular weight is 293 g/mol. The minimum atomic E-state index is 0. The number of thioether (sulfide) groups is 1. The van der Waals surface area contributed by atoms with E-state index in [1.165, 1.54) is 6.42 Å². The second kappa shape index (κ2) is 6.49. The molecule has 1 saturated heterocycles. The number of halogens is 1. The first-order valence-electron chi connectivity index (χ1n) is 6.66. The lowest BCUT2D eigenvalue weighted by Crippen LogP contribution is -2.49. The Bertz CT molecular complexity index is 299. The highest BCUT2D eigenvalue weighted by Gasteiger charge is 2.37. The lowest BCUT2D eigenvalue weighted by atomic mass is 9.94. The van der Waals surface area contributed by atoms with Crippen LogP contribution < -0.4 is 5.73 Å². The molecule has 2 aliphatic rings. The highest BCUT2D eigenvalue weighted by Crippen LogP contribution is 2.35. The molecule has 2 fully saturated rings. The summed E-state index contributed by atoms with van der Waals surface area (Å²) in [5.74, 6) is 2.07. The fourth-order valence-electron chi connectivity index (χ4n) is 3.08. The third-order valence-corrected chi connectivity index (χ3v) is 5.31. The Morgan fingerprint density at radius 1 is 1.44 bits per heavy atom. The van der Waals surface area contributed by atoms with Gasteiger partial charge in [0.25, 0.3) is 0 Å². The van der Waals surface area contributed by atoms with E-state index in [0.717, 1.165) is 31.7 Å². The Morgan fingerprint density at radius 3 is 2.78 bits per heavy atom. The van der Waals surface area contributed by atoms with Gasteiger partial charge in [-0.2, -0.15) is 11.8 Å². The van der Waals surface area contributed by atoms with Crippen molar-refractivity contribution >= 4 is 30.1 Å². The standard InChI is InChI=1S/C13H24N2OS.ClH/c1-13(2)9-15(6-7-17-13)12(16)11-5-3-4-10(11)8-14;/h10-11H,3-9,14H2,1-2H3;1H/t10-,11-;/m1./s1. The summed E-state index contributed by atoms with van der Waals surface area (Å²) in [5.41, 5.74) is 5.77. The topological polar surface area (TPSA) is 46.3 Å². The van der Waals surface area contributed by atoms with Crippen LogP contribution in [0.5, 0.6) is 0 Å². The van der Waals surface area contributed by atoms with Crippen LogP contribution >= 0.6 is 24.2 Å². The number of amides is 1. The van der Waals surface area contributed by atoms with Crippen LogP contribution in [0, 0.1) is 11.8 Å². The first-order chi connectivity index (χ1) is 8.03. The first-order valence-corrected chi connectivity index (χ1v) is 7.65. The number of hydrogen-bond acceptors (Lipinski definition) is 3. The molecule has 2 N–H and O–H groups in total. The molecule has 1 aliphatic carbocycles. The molecule has 1 saturated carbocycles. The van der Waals surface area contributed by atoms with Gasteiger partial charge in [-0.25, -0.2) is 0 Å². The molecule has 0 aromatic carbocycles. The largest absolute Gasteiger partial charge is 0.340 e.